The van der Waals surface area contributed by atoms with Crippen molar-refractivity contribution in [3.8, 4) is 0 Å². The molecule has 2 amide bonds. The van der Waals surface area contributed by atoms with Gasteiger partial charge in [0, 0.05) is 25.6 Å². The van der Waals surface area contributed by atoms with Gasteiger partial charge in [0.25, 0.3) is 0 Å². The highest BCUT2D eigenvalue weighted by Crippen LogP contribution is 2.23. The lowest BCUT2D eigenvalue weighted by Crippen LogP contribution is -2.49. The average molecular weight is 300 g/mol. The highest BCUT2D eigenvalue weighted by molar-refractivity contribution is 7.99. The number of hydrogen-bond donors (Lipinski definition) is 2. The molecule has 2 heterocycles. The maximum atomic E-state index is 12.3. The molecule has 0 bridgehead atoms. The molecule has 5 nitrogen and oxygen atoms in total. The number of piperidine rings is 1. The minimum Gasteiger partial charge on any atom is -0.481 e. The number of carboxylic acid groups (broad SMARTS) is 1. The molecule has 0 aromatic carbocycles. The molecule has 0 radical (unpaired) electrons. The van der Waals surface area contributed by atoms with Crippen LogP contribution in [0.4, 0.5) is 4.79 Å². The Labute approximate surface area is 124 Å². The van der Waals surface area contributed by atoms with Crippen LogP contribution in [0.15, 0.2) is 0 Å². The van der Waals surface area contributed by atoms with Gasteiger partial charge in [0.1, 0.15) is 0 Å². The lowest BCUT2D eigenvalue weighted by Gasteiger charge is -2.35. The summed E-state index contributed by atoms with van der Waals surface area (Å²) in [6.07, 6.45) is 4.95. The van der Waals surface area contributed by atoms with E-state index in [-0.39, 0.29) is 18.5 Å². The number of carboxylic acids is 1. The molecule has 0 saturated carbocycles. The number of carbonyl (C=O) groups is 2. The van der Waals surface area contributed by atoms with E-state index in [4.69, 9.17) is 5.11 Å². The number of rotatable bonds is 5. The maximum absolute atomic E-state index is 12.3. The molecule has 0 aromatic rings. The van der Waals surface area contributed by atoms with Crippen molar-refractivity contribution in [2.75, 3.05) is 24.6 Å². The Kier molecular flexibility index (Phi) is 6.01. The van der Waals surface area contributed by atoms with Gasteiger partial charge in [0.2, 0.25) is 0 Å². The molecule has 2 saturated heterocycles. The van der Waals surface area contributed by atoms with E-state index in [2.05, 4.69) is 5.32 Å². The summed E-state index contributed by atoms with van der Waals surface area (Å²) in [7, 11) is 0. The fourth-order valence-corrected chi connectivity index (χ4v) is 4.22. The number of carbonyl (C=O) groups excluding carboxylic acids is 1. The van der Waals surface area contributed by atoms with E-state index in [9.17, 15) is 9.59 Å². The quantitative estimate of drug-likeness (QED) is 0.816. The number of urea groups is 1. The van der Waals surface area contributed by atoms with Gasteiger partial charge in [-0.3, -0.25) is 4.79 Å². The average Bonchev–Trinajstić information content (AvgIpc) is 2.96. The number of nitrogens with zero attached hydrogens (tertiary/aromatic N) is 1. The molecule has 2 N–H and O–H groups in total. The molecular formula is C14H24N2O3S. The van der Waals surface area contributed by atoms with Crippen molar-refractivity contribution in [3.63, 3.8) is 0 Å². The summed E-state index contributed by atoms with van der Waals surface area (Å²) in [6, 6.07) is 0.0924. The topological polar surface area (TPSA) is 69.6 Å². The zero-order valence-electron chi connectivity index (χ0n) is 11.8. The Morgan fingerprint density at radius 2 is 2.15 bits per heavy atom. The van der Waals surface area contributed by atoms with Crippen LogP contribution in [0.5, 0.6) is 0 Å². The first kappa shape index (κ1) is 15.5. The third-order valence-corrected chi connectivity index (χ3v) is 5.38. The van der Waals surface area contributed by atoms with E-state index >= 15 is 0 Å². The second kappa shape index (κ2) is 7.76. The Balaban J connectivity index is 1.79. The van der Waals surface area contributed by atoms with E-state index in [1.54, 1.807) is 0 Å². The van der Waals surface area contributed by atoms with E-state index in [1.165, 1.54) is 12.2 Å². The predicted octanol–water partition coefficient (Wildman–Crippen LogP) is 2.17. The van der Waals surface area contributed by atoms with Crippen LogP contribution in [0, 0.1) is 5.92 Å². The minimum atomic E-state index is -0.779. The summed E-state index contributed by atoms with van der Waals surface area (Å²) in [4.78, 5) is 24.8. The van der Waals surface area contributed by atoms with Crippen LogP contribution in [0.25, 0.3) is 0 Å². The van der Waals surface area contributed by atoms with E-state index in [1.807, 2.05) is 16.7 Å². The summed E-state index contributed by atoms with van der Waals surface area (Å²) < 4.78 is 0. The third kappa shape index (κ3) is 4.58. The Bertz CT molecular complexity index is 345. The van der Waals surface area contributed by atoms with Crippen molar-refractivity contribution in [1.82, 2.24) is 10.2 Å². The van der Waals surface area contributed by atoms with Crippen molar-refractivity contribution in [3.05, 3.63) is 0 Å². The number of thioether (sulfide) groups is 1. The fourth-order valence-electron chi connectivity index (χ4n) is 2.94. The first-order valence-corrected chi connectivity index (χ1v) is 8.66. The summed E-state index contributed by atoms with van der Waals surface area (Å²) in [5.74, 6) is 2.17. The summed E-state index contributed by atoms with van der Waals surface area (Å²) >= 11 is 1.95. The van der Waals surface area contributed by atoms with Crippen LogP contribution in [0.1, 0.15) is 38.5 Å². The predicted molar refractivity (Wildman–Crippen MR) is 80.0 cm³/mol. The van der Waals surface area contributed by atoms with E-state index in [0.29, 0.717) is 12.3 Å². The minimum absolute atomic E-state index is 0.00279. The van der Waals surface area contributed by atoms with Gasteiger partial charge in [-0.15, -0.1) is 0 Å². The molecule has 2 rings (SSSR count). The molecule has 114 valence electrons. The largest absolute Gasteiger partial charge is 0.481 e. The van der Waals surface area contributed by atoms with Gasteiger partial charge in [0.05, 0.1) is 0 Å². The number of hydrogen-bond acceptors (Lipinski definition) is 3. The van der Waals surface area contributed by atoms with Gasteiger partial charge in [-0.05, 0) is 49.5 Å². The molecule has 0 aromatic heterocycles. The fraction of sp³-hybridized carbons (Fsp3) is 0.857. The third-order valence-electron chi connectivity index (χ3n) is 4.15. The van der Waals surface area contributed by atoms with Gasteiger partial charge in [-0.1, -0.05) is 0 Å². The van der Waals surface area contributed by atoms with Gasteiger partial charge >= 0.3 is 12.0 Å². The lowest BCUT2D eigenvalue weighted by atomic mass is 9.98. The molecule has 2 atom stereocenters. The van der Waals surface area contributed by atoms with Crippen molar-refractivity contribution < 1.29 is 14.7 Å². The zero-order chi connectivity index (χ0) is 14.4. The second-order valence-electron chi connectivity index (χ2n) is 5.69. The molecule has 2 fully saturated rings. The van der Waals surface area contributed by atoms with Crippen LogP contribution >= 0.6 is 11.8 Å². The summed E-state index contributed by atoms with van der Waals surface area (Å²) in [5, 5.41) is 11.8. The standard InChI is InChI=1S/C14H24N2O3S/c17-13(18)5-4-12-3-1-2-7-16(12)14(19)15-9-11-6-8-20-10-11/h11-12H,1-10H2,(H,15,19)(H,17,18). The first-order valence-electron chi connectivity index (χ1n) is 7.51. The molecule has 2 aliphatic rings. The van der Waals surface area contributed by atoms with Gasteiger partial charge in [-0.25, -0.2) is 4.79 Å². The molecule has 0 aliphatic carbocycles. The molecule has 2 aliphatic heterocycles. The highest BCUT2D eigenvalue weighted by atomic mass is 32.2. The highest BCUT2D eigenvalue weighted by Gasteiger charge is 2.27. The molecule has 2 unspecified atom stereocenters. The van der Waals surface area contributed by atoms with E-state index < -0.39 is 5.97 Å². The smallest absolute Gasteiger partial charge is 0.317 e. The molecule has 20 heavy (non-hydrogen) atoms. The summed E-state index contributed by atoms with van der Waals surface area (Å²) in [6.45, 7) is 1.52. The van der Waals surface area contributed by atoms with Crippen LogP contribution in [-0.4, -0.2) is 52.6 Å². The number of aliphatic carboxylic acids is 1. The number of likely N-dealkylation sites (tertiary alicyclic amines) is 1. The van der Waals surface area contributed by atoms with Gasteiger partial charge in [-0.2, -0.15) is 11.8 Å². The monoisotopic (exact) mass is 300 g/mol. The first-order chi connectivity index (χ1) is 9.66. The lowest BCUT2D eigenvalue weighted by molar-refractivity contribution is -0.137. The Morgan fingerprint density at radius 3 is 2.85 bits per heavy atom. The van der Waals surface area contributed by atoms with Crippen molar-refractivity contribution in [2.45, 2.75) is 44.6 Å². The SMILES string of the molecule is O=C(O)CCC1CCCCN1C(=O)NCC1CCSC1. The summed E-state index contributed by atoms with van der Waals surface area (Å²) in [5.41, 5.74) is 0. The van der Waals surface area contributed by atoms with Crippen LogP contribution < -0.4 is 5.32 Å². The van der Waals surface area contributed by atoms with Crippen molar-refractivity contribution >= 4 is 23.8 Å². The zero-order valence-corrected chi connectivity index (χ0v) is 12.7. The van der Waals surface area contributed by atoms with Gasteiger partial charge < -0.3 is 15.3 Å². The van der Waals surface area contributed by atoms with Crippen molar-refractivity contribution in [2.24, 2.45) is 5.92 Å². The molecular weight excluding hydrogens is 276 g/mol. The van der Waals surface area contributed by atoms with Crippen LogP contribution in [-0.2, 0) is 4.79 Å². The van der Waals surface area contributed by atoms with Crippen LogP contribution in [0.2, 0.25) is 0 Å². The maximum Gasteiger partial charge on any atom is 0.317 e. The number of nitrogens with one attached hydrogen (secondary N) is 1. The number of amides is 2. The molecule has 6 heteroatoms. The van der Waals surface area contributed by atoms with Crippen LogP contribution in [0.3, 0.4) is 0 Å². The Morgan fingerprint density at radius 1 is 1.30 bits per heavy atom. The second-order valence-corrected chi connectivity index (χ2v) is 6.84. The molecule has 0 spiro atoms. The van der Waals surface area contributed by atoms with Gasteiger partial charge in [0.15, 0.2) is 0 Å². The van der Waals surface area contributed by atoms with Crippen molar-refractivity contribution in [1.29, 1.82) is 0 Å². The van der Waals surface area contributed by atoms with E-state index in [0.717, 1.165) is 38.1 Å². The normalized spacial score (nSPS) is 26.5. The Hall–Kier alpha value is -0.910.